The van der Waals surface area contributed by atoms with Crippen molar-refractivity contribution in [3.63, 3.8) is 0 Å². The van der Waals surface area contributed by atoms with Gasteiger partial charge >= 0.3 is 0 Å². The van der Waals surface area contributed by atoms with Crippen LogP contribution in [-0.2, 0) is 6.54 Å². The van der Waals surface area contributed by atoms with Crippen molar-refractivity contribution < 1.29 is 0 Å². The molecular weight excluding hydrogens is 254 g/mol. The third kappa shape index (κ3) is 4.18. The molecule has 2 heterocycles. The van der Waals surface area contributed by atoms with Crippen molar-refractivity contribution in [3.8, 4) is 0 Å². The summed E-state index contributed by atoms with van der Waals surface area (Å²) in [6, 6.07) is 0. The van der Waals surface area contributed by atoms with Crippen LogP contribution < -0.4 is 10.2 Å². The smallest absolute Gasteiger partial charge is 0.185 e. The Morgan fingerprint density at radius 3 is 3.00 bits per heavy atom. The molecule has 1 aromatic rings. The lowest BCUT2D eigenvalue weighted by Gasteiger charge is -2.20. The van der Waals surface area contributed by atoms with E-state index in [9.17, 15) is 0 Å². The standard InChI is InChI=1S/C15H27N3S/c1-4-16-10-14-11-19-15(17-14)18-8-5-6-13(7-9-18)12(2)3/h11-13,16H,4-10H2,1-3H3. The van der Waals surface area contributed by atoms with Gasteiger partial charge in [0, 0.05) is 25.0 Å². The van der Waals surface area contributed by atoms with E-state index in [1.54, 1.807) is 11.3 Å². The highest BCUT2D eigenvalue weighted by Gasteiger charge is 2.21. The van der Waals surface area contributed by atoms with Crippen LogP contribution >= 0.6 is 11.3 Å². The summed E-state index contributed by atoms with van der Waals surface area (Å²) >= 11 is 1.80. The molecule has 1 N–H and O–H groups in total. The largest absolute Gasteiger partial charge is 0.348 e. The Kier molecular flexibility index (Phi) is 5.64. The van der Waals surface area contributed by atoms with Crippen LogP contribution in [0.2, 0.25) is 0 Å². The molecule has 2 rings (SSSR count). The highest BCUT2D eigenvalue weighted by molar-refractivity contribution is 7.13. The monoisotopic (exact) mass is 281 g/mol. The van der Waals surface area contributed by atoms with Gasteiger partial charge in [0.15, 0.2) is 5.13 Å². The maximum Gasteiger partial charge on any atom is 0.185 e. The van der Waals surface area contributed by atoms with E-state index < -0.39 is 0 Å². The quantitative estimate of drug-likeness (QED) is 0.895. The fourth-order valence-electron chi connectivity index (χ4n) is 2.76. The maximum atomic E-state index is 4.76. The Labute approximate surface area is 121 Å². The minimum Gasteiger partial charge on any atom is -0.348 e. The first-order valence-electron chi connectivity index (χ1n) is 7.60. The second kappa shape index (κ2) is 7.25. The van der Waals surface area contributed by atoms with Gasteiger partial charge in [-0.05, 0) is 37.6 Å². The summed E-state index contributed by atoms with van der Waals surface area (Å²) in [6.07, 6.45) is 4.01. The van der Waals surface area contributed by atoms with Gasteiger partial charge in [-0.1, -0.05) is 20.8 Å². The highest BCUT2D eigenvalue weighted by Crippen LogP contribution is 2.28. The molecule has 1 atom stereocenters. The molecule has 0 saturated carbocycles. The van der Waals surface area contributed by atoms with Gasteiger partial charge in [0.2, 0.25) is 0 Å². The molecule has 19 heavy (non-hydrogen) atoms. The Hall–Kier alpha value is -0.610. The number of thiazole rings is 1. The van der Waals surface area contributed by atoms with E-state index in [2.05, 4.69) is 36.4 Å². The van der Waals surface area contributed by atoms with Crippen LogP contribution in [0.4, 0.5) is 5.13 Å². The molecular formula is C15H27N3S. The number of nitrogens with zero attached hydrogens (tertiary/aromatic N) is 2. The van der Waals surface area contributed by atoms with Gasteiger partial charge in [-0.25, -0.2) is 4.98 Å². The van der Waals surface area contributed by atoms with Crippen LogP contribution in [0.1, 0.15) is 45.7 Å². The molecule has 0 spiro atoms. The molecule has 0 amide bonds. The molecule has 0 aromatic carbocycles. The number of hydrogen-bond acceptors (Lipinski definition) is 4. The maximum absolute atomic E-state index is 4.76. The van der Waals surface area contributed by atoms with Crippen LogP contribution in [0.3, 0.4) is 0 Å². The fourth-order valence-corrected chi connectivity index (χ4v) is 3.63. The van der Waals surface area contributed by atoms with Crippen molar-refractivity contribution in [1.29, 1.82) is 0 Å². The lowest BCUT2D eigenvalue weighted by Crippen LogP contribution is -2.24. The molecule has 4 heteroatoms. The predicted molar refractivity (Wildman–Crippen MR) is 83.9 cm³/mol. The number of rotatable bonds is 5. The summed E-state index contributed by atoms with van der Waals surface area (Å²) in [7, 11) is 0. The third-order valence-corrected chi connectivity index (χ3v) is 5.03. The molecule has 1 aliphatic heterocycles. The van der Waals surface area contributed by atoms with E-state index >= 15 is 0 Å². The summed E-state index contributed by atoms with van der Waals surface area (Å²) in [6.45, 7) is 11.1. The zero-order valence-corrected chi connectivity index (χ0v) is 13.3. The van der Waals surface area contributed by atoms with Gasteiger partial charge < -0.3 is 10.2 Å². The molecule has 1 unspecified atom stereocenters. The fraction of sp³-hybridized carbons (Fsp3) is 0.800. The van der Waals surface area contributed by atoms with Crippen LogP contribution in [0.5, 0.6) is 0 Å². The van der Waals surface area contributed by atoms with E-state index in [1.807, 2.05) is 0 Å². The normalized spacial score (nSPS) is 20.8. The van der Waals surface area contributed by atoms with Crippen molar-refractivity contribution in [2.75, 3.05) is 24.5 Å². The number of aromatic nitrogens is 1. The Balaban J connectivity index is 1.92. The summed E-state index contributed by atoms with van der Waals surface area (Å²) in [5.41, 5.74) is 1.19. The zero-order chi connectivity index (χ0) is 13.7. The van der Waals surface area contributed by atoms with Crippen molar-refractivity contribution in [1.82, 2.24) is 10.3 Å². The summed E-state index contributed by atoms with van der Waals surface area (Å²) in [5.74, 6) is 1.71. The summed E-state index contributed by atoms with van der Waals surface area (Å²) in [5, 5.41) is 6.76. The van der Waals surface area contributed by atoms with Crippen LogP contribution in [0.25, 0.3) is 0 Å². The van der Waals surface area contributed by atoms with Crippen LogP contribution in [0.15, 0.2) is 5.38 Å². The van der Waals surface area contributed by atoms with Gasteiger partial charge in [-0.3, -0.25) is 0 Å². The lowest BCUT2D eigenvalue weighted by atomic mass is 9.89. The van der Waals surface area contributed by atoms with Crippen molar-refractivity contribution in [2.45, 2.75) is 46.6 Å². The van der Waals surface area contributed by atoms with Gasteiger partial charge in [0.1, 0.15) is 0 Å². The lowest BCUT2D eigenvalue weighted by molar-refractivity contribution is 0.351. The topological polar surface area (TPSA) is 28.2 Å². The zero-order valence-electron chi connectivity index (χ0n) is 12.5. The molecule has 0 bridgehead atoms. The van der Waals surface area contributed by atoms with Gasteiger partial charge in [-0.2, -0.15) is 0 Å². The molecule has 0 radical (unpaired) electrons. The molecule has 1 saturated heterocycles. The van der Waals surface area contributed by atoms with Gasteiger partial charge in [0.25, 0.3) is 0 Å². The minimum atomic E-state index is 0.820. The molecule has 1 aromatic heterocycles. The molecule has 0 aliphatic carbocycles. The van der Waals surface area contributed by atoms with Gasteiger partial charge in [0.05, 0.1) is 5.69 Å². The first-order valence-corrected chi connectivity index (χ1v) is 8.48. The Bertz CT molecular complexity index is 375. The van der Waals surface area contributed by atoms with E-state index in [4.69, 9.17) is 4.98 Å². The predicted octanol–water partition coefficient (Wildman–Crippen LogP) is 3.52. The summed E-state index contributed by atoms with van der Waals surface area (Å²) < 4.78 is 0. The van der Waals surface area contributed by atoms with E-state index in [-0.39, 0.29) is 0 Å². The van der Waals surface area contributed by atoms with E-state index in [1.165, 1.54) is 43.2 Å². The number of nitrogens with one attached hydrogen (secondary N) is 1. The first kappa shape index (κ1) is 14.8. The van der Waals surface area contributed by atoms with Crippen molar-refractivity contribution in [3.05, 3.63) is 11.1 Å². The average Bonchev–Trinajstić information content (AvgIpc) is 2.71. The first-order chi connectivity index (χ1) is 9.20. The second-order valence-electron chi connectivity index (χ2n) is 5.82. The van der Waals surface area contributed by atoms with Gasteiger partial charge in [-0.15, -0.1) is 11.3 Å². The van der Waals surface area contributed by atoms with Crippen molar-refractivity contribution >= 4 is 16.5 Å². The molecule has 3 nitrogen and oxygen atoms in total. The highest BCUT2D eigenvalue weighted by atomic mass is 32.1. The van der Waals surface area contributed by atoms with Crippen LogP contribution in [-0.4, -0.2) is 24.6 Å². The molecule has 1 aliphatic rings. The molecule has 108 valence electrons. The minimum absolute atomic E-state index is 0.820. The number of anilines is 1. The number of hydrogen-bond donors (Lipinski definition) is 1. The molecule has 1 fully saturated rings. The average molecular weight is 281 g/mol. The SMILES string of the molecule is CCNCc1csc(N2CCCC(C(C)C)CC2)n1. The summed E-state index contributed by atoms with van der Waals surface area (Å²) in [4.78, 5) is 7.25. The third-order valence-electron chi connectivity index (χ3n) is 4.08. The second-order valence-corrected chi connectivity index (χ2v) is 6.66. The Morgan fingerprint density at radius 1 is 1.42 bits per heavy atom. The van der Waals surface area contributed by atoms with E-state index in [0.29, 0.717) is 0 Å². The van der Waals surface area contributed by atoms with Crippen molar-refractivity contribution in [2.24, 2.45) is 11.8 Å². The van der Waals surface area contributed by atoms with E-state index in [0.717, 1.165) is 24.9 Å². The van der Waals surface area contributed by atoms with Crippen LogP contribution in [0, 0.1) is 11.8 Å². The Morgan fingerprint density at radius 2 is 2.26 bits per heavy atom.